The van der Waals surface area contributed by atoms with Crippen molar-refractivity contribution in [2.45, 2.75) is 31.7 Å². The topological polar surface area (TPSA) is 17.0 Å². The Labute approximate surface area is 85.3 Å². The lowest BCUT2D eigenvalue weighted by atomic mass is 9.70. The molecule has 0 aromatic carbocycles. The lowest BCUT2D eigenvalue weighted by Crippen LogP contribution is -2.54. The van der Waals surface area contributed by atoms with Gasteiger partial charge in [-0.1, -0.05) is 12.8 Å². The maximum atomic E-state index is 3.59. The first-order valence-corrected chi connectivity index (χ1v) is 5.65. The molecule has 2 aliphatic rings. The zero-order chi connectivity index (χ0) is 9.60. The molecule has 2 nitrogen and oxygen atoms in total. The molecule has 1 aromatic rings. The van der Waals surface area contributed by atoms with Crippen LogP contribution in [0, 0.1) is 5.41 Å². The summed E-state index contributed by atoms with van der Waals surface area (Å²) in [5.41, 5.74) is 2.11. The molecule has 1 N–H and O–H groups in total. The predicted octanol–water partition coefficient (Wildman–Crippen LogP) is 2.23. The summed E-state index contributed by atoms with van der Waals surface area (Å²) in [4.78, 5) is 0. The first kappa shape index (κ1) is 8.54. The lowest BCUT2D eigenvalue weighted by molar-refractivity contribution is 0.0894. The maximum absolute atomic E-state index is 3.59. The quantitative estimate of drug-likeness (QED) is 0.718. The van der Waals surface area contributed by atoms with Crippen molar-refractivity contribution in [1.29, 1.82) is 0 Å². The highest BCUT2D eigenvalue weighted by atomic mass is 15.1. The van der Waals surface area contributed by atoms with Crippen molar-refractivity contribution in [2.24, 2.45) is 12.5 Å². The van der Waals surface area contributed by atoms with Gasteiger partial charge in [0, 0.05) is 37.4 Å². The van der Waals surface area contributed by atoms with Crippen LogP contribution < -0.4 is 5.32 Å². The van der Waals surface area contributed by atoms with Crippen LogP contribution in [0.3, 0.4) is 0 Å². The molecule has 1 atom stereocenters. The van der Waals surface area contributed by atoms with Crippen molar-refractivity contribution in [2.75, 3.05) is 6.54 Å². The van der Waals surface area contributed by atoms with E-state index in [-0.39, 0.29) is 0 Å². The number of aryl methyl sites for hydroxylation is 1. The molecule has 0 unspecified atom stereocenters. The highest BCUT2D eigenvalue weighted by Gasteiger charge is 2.48. The van der Waals surface area contributed by atoms with Crippen LogP contribution in [0.2, 0.25) is 0 Å². The molecule has 0 radical (unpaired) electrons. The largest absolute Gasteiger partial charge is 0.357 e. The molecular formula is C12H18N2. The van der Waals surface area contributed by atoms with E-state index in [2.05, 4.69) is 35.4 Å². The number of hydrogen-bond donors (Lipinski definition) is 1. The monoisotopic (exact) mass is 190 g/mol. The SMILES string of the molecule is Cn1ccc([C@H]2NCC23CCCC3)c1. The Hall–Kier alpha value is -0.760. The summed E-state index contributed by atoms with van der Waals surface area (Å²) in [6, 6.07) is 2.91. The van der Waals surface area contributed by atoms with Gasteiger partial charge in [-0.15, -0.1) is 0 Å². The summed E-state index contributed by atoms with van der Waals surface area (Å²) in [5, 5.41) is 3.59. The van der Waals surface area contributed by atoms with Crippen molar-refractivity contribution >= 4 is 0 Å². The number of aromatic nitrogens is 1. The molecule has 2 fully saturated rings. The van der Waals surface area contributed by atoms with Gasteiger partial charge in [0.2, 0.25) is 0 Å². The van der Waals surface area contributed by atoms with E-state index in [1.807, 2.05) is 0 Å². The first-order chi connectivity index (χ1) is 6.80. The van der Waals surface area contributed by atoms with Gasteiger partial charge in [-0.3, -0.25) is 0 Å². The van der Waals surface area contributed by atoms with Crippen molar-refractivity contribution in [3.63, 3.8) is 0 Å². The number of nitrogens with zero attached hydrogens (tertiary/aromatic N) is 1. The zero-order valence-electron chi connectivity index (χ0n) is 8.79. The highest BCUT2D eigenvalue weighted by molar-refractivity contribution is 5.23. The second-order valence-corrected chi connectivity index (χ2v) is 4.99. The number of hydrogen-bond acceptors (Lipinski definition) is 1. The molecule has 14 heavy (non-hydrogen) atoms. The van der Waals surface area contributed by atoms with Gasteiger partial charge in [0.15, 0.2) is 0 Å². The maximum Gasteiger partial charge on any atom is 0.0404 e. The number of nitrogens with one attached hydrogen (secondary N) is 1. The Morgan fingerprint density at radius 3 is 2.71 bits per heavy atom. The van der Waals surface area contributed by atoms with E-state index in [1.54, 1.807) is 0 Å². The minimum Gasteiger partial charge on any atom is -0.357 e. The standard InChI is InChI=1S/C12H18N2/c1-14-7-4-10(8-14)11-12(9-13-11)5-2-3-6-12/h4,7-8,11,13H,2-3,5-6,9H2,1H3/t11-/m1/s1. The molecule has 1 aliphatic heterocycles. The van der Waals surface area contributed by atoms with Crippen LogP contribution in [0.25, 0.3) is 0 Å². The zero-order valence-corrected chi connectivity index (χ0v) is 8.79. The summed E-state index contributed by atoms with van der Waals surface area (Å²) in [7, 11) is 2.10. The molecule has 1 saturated heterocycles. The van der Waals surface area contributed by atoms with Gasteiger partial charge in [-0.2, -0.15) is 0 Å². The van der Waals surface area contributed by atoms with Crippen LogP contribution in [0.5, 0.6) is 0 Å². The van der Waals surface area contributed by atoms with E-state index in [9.17, 15) is 0 Å². The van der Waals surface area contributed by atoms with E-state index >= 15 is 0 Å². The third kappa shape index (κ3) is 1.07. The van der Waals surface area contributed by atoms with Gasteiger partial charge in [0.25, 0.3) is 0 Å². The average molecular weight is 190 g/mol. The molecule has 3 rings (SSSR count). The van der Waals surface area contributed by atoms with Gasteiger partial charge in [-0.25, -0.2) is 0 Å². The summed E-state index contributed by atoms with van der Waals surface area (Å²) >= 11 is 0. The van der Waals surface area contributed by atoms with E-state index < -0.39 is 0 Å². The fraction of sp³-hybridized carbons (Fsp3) is 0.667. The van der Waals surface area contributed by atoms with Gasteiger partial charge in [0.1, 0.15) is 0 Å². The van der Waals surface area contributed by atoms with E-state index in [0.29, 0.717) is 11.5 Å². The van der Waals surface area contributed by atoms with Crippen molar-refractivity contribution in [3.8, 4) is 0 Å². The van der Waals surface area contributed by atoms with Crippen molar-refractivity contribution < 1.29 is 0 Å². The first-order valence-electron chi connectivity index (χ1n) is 5.65. The van der Waals surface area contributed by atoms with Gasteiger partial charge < -0.3 is 9.88 Å². The third-order valence-electron chi connectivity index (χ3n) is 4.06. The van der Waals surface area contributed by atoms with E-state index in [1.165, 1.54) is 37.8 Å². The van der Waals surface area contributed by atoms with Gasteiger partial charge >= 0.3 is 0 Å². The van der Waals surface area contributed by atoms with Crippen LogP contribution in [0.4, 0.5) is 0 Å². The smallest absolute Gasteiger partial charge is 0.0404 e. The molecular weight excluding hydrogens is 172 g/mol. The van der Waals surface area contributed by atoms with Crippen LogP contribution in [0.15, 0.2) is 18.5 Å². The second-order valence-electron chi connectivity index (χ2n) is 4.99. The number of rotatable bonds is 1. The summed E-state index contributed by atoms with van der Waals surface area (Å²) in [5.74, 6) is 0. The summed E-state index contributed by atoms with van der Waals surface area (Å²) in [6.45, 7) is 1.24. The molecule has 1 saturated carbocycles. The fourth-order valence-electron chi connectivity index (χ4n) is 3.20. The highest BCUT2D eigenvalue weighted by Crippen LogP contribution is 2.52. The minimum absolute atomic E-state index is 0.626. The molecule has 2 heterocycles. The average Bonchev–Trinajstić information content (AvgIpc) is 2.73. The molecule has 76 valence electrons. The van der Waals surface area contributed by atoms with Crippen LogP contribution in [-0.2, 0) is 7.05 Å². The molecule has 1 aromatic heterocycles. The molecule has 1 aliphatic carbocycles. The minimum atomic E-state index is 0.626. The third-order valence-corrected chi connectivity index (χ3v) is 4.06. The predicted molar refractivity (Wildman–Crippen MR) is 57.1 cm³/mol. The van der Waals surface area contributed by atoms with Crippen molar-refractivity contribution in [1.82, 2.24) is 9.88 Å². The Balaban J connectivity index is 1.86. The summed E-state index contributed by atoms with van der Waals surface area (Å²) in [6.07, 6.45) is 10.1. The van der Waals surface area contributed by atoms with Gasteiger partial charge in [-0.05, 0) is 24.5 Å². The second kappa shape index (κ2) is 2.86. The van der Waals surface area contributed by atoms with Crippen molar-refractivity contribution in [3.05, 3.63) is 24.0 Å². The van der Waals surface area contributed by atoms with Crippen LogP contribution in [0.1, 0.15) is 37.3 Å². The molecule has 1 spiro atoms. The Kier molecular flexibility index (Phi) is 1.75. The summed E-state index contributed by atoms with van der Waals surface area (Å²) < 4.78 is 2.15. The van der Waals surface area contributed by atoms with E-state index in [0.717, 1.165) is 0 Å². The molecule has 2 heteroatoms. The Bertz CT molecular complexity index is 334. The lowest BCUT2D eigenvalue weighted by Gasteiger charge is -2.48. The van der Waals surface area contributed by atoms with Gasteiger partial charge in [0.05, 0.1) is 0 Å². The van der Waals surface area contributed by atoms with Crippen LogP contribution >= 0.6 is 0 Å². The fourth-order valence-corrected chi connectivity index (χ4v) is 3.20. The van der Waals surface area contributed by atoms with E-state index in [4.69, 9.17) is 0 Å². The van der Waals surface area contributed by atoms with Crippen LogP contribution in [-0.4, -0.2) is 11.1 Å². The Morgan fingerprint density at radius 2 is 2.21 bits per heavy atom. The molecule has 0 bridgehead atoms. The Morgan fingerprint density at radius 1 is 1.43 bits per heavy atom. The normalized spacial score (nSPS) is 29.4. The molecule has 0 amide bonds.